The second-order valence-corrected chi connectivity index (χ2v) is 8.55. The lowest BCUT2D eigenvalue weighted by molar-refractivity contribution is -0.137. The van der Waals surface area contributed by atoms with Crippen molar-refractivity contribution in [2.45, 2.75) is 37.7 Å². The van der Waals surface area contributed by atoms with Gasteiger partial charge in [-0.1, -0.05) is 0 Å². The van der Waals surface area contributed by atoms with Crippen LogP contribution < -0.4 is 20.5 Å². The predicted octanol–water partition coefficient (Wildman–Crippen LogP) is 4.28. The normalized spacial score (nSPS) is 16.5. The summed E-state index contributed by atoms with van der Waals surface area (Å²) in [6, 6.07) is 3.94. The van der Waals surface area contributed by atoms with Gasteiger partial charge in [-0.3, -0.25) is 9.55 Å². The maximum atomic E-state index is 14.6. The van der Waals surface area contributed by atoms with Gasteiger partial charge in [0.1, 0.15) is 18.2 Å². The number of pyridine rings is 1. The average molecular weight is 510 g/mol. The highest BCUT2D eigenvalue weighted by atomic mass is 19.4. The first-order chi connectivity index (χ1) is 17.1. The molecule has 2 aliphatic rings. The number of benzene rings is 1. The number of alkyl halides is 3. The summed E-state index contributed by atoms with van der Waals surface area (Å²) in [6.45, 7) is 1.28. The van der Waals surface area contributed by atoms with Crippen molar-refractivity contribution >= 4 is 5.82 Å². The fraction of sp³-hybridized carbons (Fsp3) is 0.348. The smallest absolute Gasteiger partial charge is 0.418 e. The number of hydrogen-bond donors (Lipinski definition) is 1. The molecule has 4 heterocycles. The molecular formula is C23H19F5N4O4. The highest BCUT2D eigenvalue weighted by molar-refractivity contribution is 5.46. The molecule has 1 saturated heterocycles. The molecule has 190 valence electrons. The Morgan fingerprint density at radius 3 is 2.50 bits per heavy atom. The number of ether oxygens (including phenoxy) is 3. The van der Waals surface area contributed by atoms with Crippen molar-refractivity contribution in [2.24, 2.45) is 0 Å². The van der Waals surface area contributed by atoms with Crippen LogP contribution in [0.15, 0.2) is 41.5 Å². The molecule has 2 aromatic heterocycles. The molecule has 0 bridgehead atoms. The third-order valence-electron chi connectivity index (χ3n) is 6.00. The van der Waals surface area contributed by atoms with Crippen LogP contribution in [-0.2, 0) is 24.1 Å². The van der Waals surface area contributed by atoms with Crippen molar-refractivity contribution in [2.75, 3.05) is 18.5 Å². The molecule has 1 fully saturated rings. The Morgan fingerprint density at radius 2 is 1.81 bits per heavy atom. The second-order valence-electron chi connectivity index (χ2n) is 8.55. The lowest BCUT2D eigenvalue weighted by atomic mass is 9.91. The molecule has 1 N–H and O–H groups in total. The fourth-order valence-electron chi connectivity index (χ4n) is 4.17. The Labute approximate surface area is 200 Å². The van der Waals surface area contributed by atoms with Gasteiger partial charge in [0.15, 0.2) is 17.4 Å². The number of hydrogen-bond acceptors (Lipinski definition) is 7. The van der Waals surface area contributed by atoms with E-state index in [9.17, 15) is 26.7 Å². The van der Waals surface area contributed by atoms with Crippen LogP contribution in [0.25, 0.3) is 0 Å². The minimum absolute atomic E-state index is 0.0287. The molecule has 8 nitrogen and oxygen atoms in total. The Balaban J connectivity index is 1.29. The van der Waals surface area contributed by atoms with E-state index in [1.54, 1.807) is 0 Å². The van der Waals surface area contributed by atoms with E-state index < -0.39 is 40.6 Å². The Kier molecular flexibility index (Phi) is 6.02. The summed E-state index contributed by atoms with van der Waals surface area (Å²) in [5.41, 5.74) is -1.88. The van der Waals surface area contributed by atoms with E-state index in [-0.39, 0.29) is 23.6 Å². The lowest BCUT2D eigenvalue weighted by Crippen LogP contribution is -2.43. The van der Waals surface area contributed by atoms with Crippen LogP contribution in [0.4, 0.5) is 27.8 Å². The van der Waals surface area contributed by atoms with Crippen LogP contribution in [0, 0.1) is 11.6 Å². The molecule has 0 amide bonds. The van der Waals surface area contributed by atoms with E-state index in [4.69, 9.17) is 14.2 Å². The van der Waals surface area contributed by atoms with Crippen molar-refractivity contribution in [3.63, 3.8) is 0 Å². The molecule has 2 aliphatic heterocycles. The van der Waals surface area contributed by atoms with Crippen molar-refractivity contribution in [3.8, 4) is 17.4 Å². The summed E-state index contributed by atoms with van der Waals surface area (Å²) < 4.78 is 85.0. The highest BCUT2D eigenvalue weighted by Gasteiger charge is 2.39. The monoisotopic (exact) mass is 510 g/mol. The Morgan fingerprint density at radius 1 is 1.08 bits per heavy atom. The molecule has 5 rings (SSSR count). The van der Waals surface area contributed by atoms with Gasteiger partial charge in [0.25, 0.3) is 0 Å². The number of fused-ring (bicyclic) bond motifs is 1. The van der Waals surface area contributed by atoms with Crippen LogP contribution in [-0.4, -0.2) is 33.3 Å². The van der Waals surface area contributed by atoms with Crippen LogP contribution >= 0.6 is 0 Å². The number of nitrogens with one attached hydrogen (secondary N) is 1. The van der Waals surface area contributed by atoms with E-state index in [0.29, 0.717) is 37.8 Å². The molecule has 0 radical (unpaired) electrons. The number of halogens is 5. The minimum Gasteiger partial charge on any atom is -0.473 e. The number of aromatic nitrogens is 3. The van der Waals surface area contributed by atoms with Crippen LogP contribution in [0.1, 0.15) is 24.0 Å². The third-order valence-corrected chi connectivity index (χ3v) is 6.00. The van der Waals surface area contributed by atoms with Crippen LogP contribution in [0.3, 0.4) is 0 Å². The van der Waals surface area contributed by atoms with E-state index >= 15 is 0 Å². The SMILES string of the molecule is O=c1nc(OCc2cc(F)c(Oc3cncc(C(F)(F)F)c3)c(F)c2)cc2n1CC1(CCOCC1)N2. The van der Waals surface area contributed by atoms with Gasteiger partial charge in [-0.15, -0.1) is 0 Å². The largest absolute Gasteiger partial charge is 0.473 e. The first-order valence-corrected chi connectivity index (χ1v) is 10.9. The molecule has 13 heteroatoms. The highest BCUT2D eigenvalue weighted by Crippen LogP contribution is 2.35. The van der Waals surface area contributed by atoms with Crippen molar-refractivity contribution < 1.29 is 36.2 Å². The molecule has 0 aliphatic carbocycles. The first-order valence-electron chi connectivity index (χ1n) is 10.9. The summed E-state index contributed by atoms with van der Waals surface area (Å²) in [5.74, 6) is -3.18. The molecule has 0 unspecified atom stereocenters. The van der Waals surface area contributed by atoms with Crippen molar-refractivity contribution in [1.29, 1.82) is 0 Å². The summed E-state index contributed by atoms with van der Waals surface area (Å²) in [4.78, 5) is 19.7. The first kappa shape index (κ1) is 24.0. The van der Waals surface area contributed by atoms with Gasteiger partial charge in [0.2, 0.25) is 5.88 Å². The topological polar surface area (TPSA) is 87.5 Å². The molecule has 36 heavy (non-hydrogen) atoms. The quantitative estimate of drug-likeness (QED) is 0.513. The number of anilines is 1. The zero-order valence-corrected chi connectivity index (χ0v) is 18.6. The van der Waals surface area contributed by atoms with E-state index in [1.807, 2.05) is 0 Å². The molecule has 1 spiro atoms. The summed E-state index contributed by atoms with van der Waals surface area (Å²) in [7, 11) is 0. The number of rotatable bonds is 5. The van der Waals surface area contributed by atoms with E-state index in [1.165, 1.54) is 10.6 Å². The van der Waals surface area contributed by atoms with Crippen LogP contribution in [0.2, 0.25) is 0 Å². The molecular weight excluding hydrogens is 491 g/mol. The second kappa shape index (κ2) is 9.04. The van der Waals surface area contributed by atoms with Gasteiger partial charge >= 0.3 is 11.9 Å². The van der Waals surface area contributed by atoms with Crippen molar-refractivity contribution in [3.05, 3.63) is 69.9 Å². The molecule has 0 atom stereocenters. The van der Waals surface area contributed by atoms with Gasteiger partial charge in [0, 0.05) is 25.5 Å². The fourth-order valence-corrected chi connectivity index (χ4v) is 4.17. The van der Waals surface area contributed by atoms with Gasteiger partial charge in [-0.05, 0) is 36.6 Å². The summed E-state index contributed by atoms with van der Waals surface area (Å²) in [6.07, 6.45) is -1.76. The molecule has 3 aromatic rings. The van der Waals surface area contributed by atoms with Gasteiger partial charge in [-0.25, -0.2) is 13.6 Å². The van der Waals surface area contributed by atoms with Gasteiger partial charge < -0.3 is 19.5 Å². The zero-order chi connectivity index (χ0) is 25.5. The predicted molar refractivity (Wildman–Crippen MR) is 115 cm³/mol. The standard InChI is InChI=1S/C23H19F5N4O4/c24-16-5-13(6-17(25)20(16)36-15-7-14(9-29-10-15)23(26,27)28)11-35-19-8-18-31-22(1-3-34-4-2-22)12-32(18)21(33)30-19/h5-10,31H,1-4,11-12H2. The van der Waals surface area contributed by atoms with Crippen LogP contribution in [0.5, 0.6) is 17.4 Å². The van der Waals surface area contributed by atoms with E-state index in [0.717, 1.165) is 31.2 Å². The third kappa shape index (κ3) is 4.83. The molecule has 1 aromatic carbocycles. The van der Waals surface area contributed by atoms with Gasteiger partial charge in [0.05, 0.1) is 23.8 Å². The lowest BCUT2D eigenvalue weighted by Gasteiger charge is -2.32. The maximum absolute atomic E-state index is 14.6. The Bertz CT molecular complexity index is 1330. The van der Waals surface area contributed by atoms with E-state index in [2.05, 4.69) is 15.3 Å². The number of nitrogens with zero attached hydrogens (tertiary/aromatic N) is 3. The van der Waals surface area contributed by atoms with Gasteiger partial charge in [-0.2, -0.15) is 18.2 Å². The maximum Gasteiger partial charge on any atom is 0.418 e. The Hall–Kier alpha value is -3.74. The average Bonchev–Trinajstić information content (AvgIpc) is 3.18. The summed E-state index contributed by atoms with van der Waals surface area (Å²) >= 11 is 0. The molecule has 0 saturated carbocycles. The van der Waals surface area contributed by atoms with Crippen molar-refractivity contribution in [1.82, 2.24) is 14.5 Å². The summed E-state index contributed by atoms with van der Waals surface area (Å²) in [5, 5.41) is 3.34. The zero-order valence-electron chi connectivity index (χ0n) is 18.6. The minimum atomic E-state index is -4.69.